The molecule has 1 aromatic rings. The standard InChI is InChI=1S/C17H25NO/c1-3-17(4-2,14-19)13-18-11-7-10-15-8-5-6-9-16(15)12-18/h5-6,8-9,14H,3-4,7,10-13H2,1-2H3. The van der Waals surface area contributed by atoms with Crippen molar-refractivity contribution in [3.8, 4) is 0 Å². The minimum atomic E-state index is -0.153. The van der Waals surface area contributed by atoms with E-state index >= 15 is 0 Å². The van der Waals surface area contributed by atoms with Crippen LogP contribution in [0.5, 0.6) is 0 Å². The average molecular weight is 259 g/mol. The summed E-state index contributed by atoms with van der Waals surface area (Å²) in [6.45, 7) is 7.25. The van der Waals surface area contributed by atoms with Crippen LogP contribution in [0.1, 0.15) is 44.2 Å². The number of carbonyl (C=O) groups is 1. The summed E-state index contributed by atoms with van der Waals surface area (Å²) in [7, 11) is 0. The highest BCUT2D eigenvalue weighted by Crippen LogP contribution is 2.27. The van der Waals surface area contributed by atoms with Crippen LogP contribution >= 0.6 is 0 Å². The summed E-state index contributed by atoms with van der Waals surface area (Å²) in [4.78, 5) is 13.9. The molecule has 2 nitrogen and oxygen atoms in total. The number of carbonyl (C=O) groups excluding carboxylic acids is 1. The fourth-order valence-corrected chi connectivity index (χ4v) is 3.03. The van der Waals surface area contributed by atoms with Gasteiger partial charge in [0.05, 0.1) is 0 Å². The lowest BCUT2D eigenvalue weighted by atomic mass is 9.83. The fourth-order valence-electron chi connectivity index (χ4n) is 3.03. The van der Waals surface area contributed by atoms with Gasteiger partial charge in [-0.2, -0.15) is 0 Å². The summed E-state index contributed by atoms with van der Waals surface area (Å²) in [5.41, 5.74) is 2.76. The molecule has 0 fully saturated rings. The van der Waals surface area contributed by atoms with Gasteiger partial charge >= 0.3 is 0 Å². The maximum atomic E-state index is 11.5. The summed E-state index contributed by atoms with van der Waals surface area (Å²) < 4.78 is 0. The highest BCUT2D eigenvalue weighted by Gasteiger charge is 2.29. The third-order valence-corrected chi connectivity index (χ3v) is 4.63. The van der Waals surface area contributed by atoms with Gasteiger partial charge in [0.1, 0.15) is 6.29 Å². The Bertz CT molecular complexity index is 423. The third-order valence-electron chi connectivity index (χ3n) is 4.63. The monoisotopic (exact) mass is 259 g/mol. The Morgan fingerprint density at radius 3 is 2.53 bits per heavy atom. The lowest BCUT2D eigenvalue weighted by Crippen LogP contribution is -2.38. The van der Waals surface area contributed by atoms with Crippen LogP contribution in [0.25, 0.3) is 0 Å². The van der Waals surface area contributed by atoms with E-state index in [1.54, 1.807) is 0 Å². The number of rotatable bonds is 5. The first kappa shape index (κ1) is 14.3. The van der Waals surface area contributed by atoms with Gasteiger partial charge in [0, 0.05) is 18.5 Å². The van der Waals surface area contributed by atoms with Crippen LogP contribution < -0.4 is 0 Å². The van der Waals surface area contributed by atoms with Crippen molar-refractivity contribution in [3.63, 3.8) is 0 Å². The lowest BCUT2D eigenvalue weighted by molar-refractivity contribution is -0.117. The Morgan fingerprint density at radius 2 is 1.89 bits per heavy atom. The minimum Gasteiger partial charge on any atom is -0.303 e. The Kier molecular flexibility index (Phi) is 4.76. The second kappa shape index (κ2) is 6.33. The molecule has 1 aliphatic rings. The van der Waals surface area contributed by atoms with Crippen LogP contribution in [-0.4, -0.2) is 24.3 Å². The van der Waals surface area contributed by atoms with Crippen molar-refractivity contribution in [2.45, 2.75) is 46.1 Å². The molecule has 0 spiro atoms. The van der Waals surface area contributed by atoms with Crippen molar-refractivity contribution in [2.24, 2.45) is 5.41 Å². The molecule has 0 aromatic heterocycles. The van der Waals surface area contributed by atoms with Crippen LogP contribution in [0.2, 0.25) is 0 Å². The molecule has 0 N–H and O–H groups in total. The van der Waals surface area contributed by atoms with E-state index in [0.717, 1.165) is 32.5 Å². The highest BCUT2D eigenvalue weighted by atomic mass is 16.1. The van der Waals surface area contributed by atoms with E-state index < -0.39 is 0 Å². The Labute approximate surface area is 116 Å². The van der Waals surface area contributed by atoms with E-state index in [2.05, 4.69) is 43.0 Å². The maximum Gasteiger partial charge on any atom is 0.127 e. The Hall–Kier alpha value is -1.15. The summed E-state index contributed by atoms with van der Waals surface area (Å²) >= 11 is 0. The number of aldehydes is 1. The van der Waals surface area contributed by atoms with Crippen molar-refractivity contribution in [1.29, 1.82) is 0 Å². The predicted molar refractivity (Wildman–Crippen MR) is 79.1 cm³/mol. The molecule has 0 aliphatic carbocycles. The van der Waals surface area contributed by atoms with Crippen molar-refractivity contribution in [1.82, 2.24) is 4.90 Å². The quantitative estimate of drug-likeness (QED) is 0.755. The molecule has 0 bridgehead atoms. The van der Waals surface area contributed by atoms with Gasteiger partial charge in [0.2, 0.25) is 0 Å². The number of aryl methyl sites for hydroxylation is 1. The predicted octanol–water partition coefficient (Wildman–Crippen LogP) is 3.44. The number of nitrogens with zero attached hydrogens (tertiary/aromatic N) is 1. The molecule has 1 aromatic carbocycles. The van der Waals surface area contributed by atoms with Crippen LogP contribution in [0.3, 0.4) is 0 Å². The van der Waals surface area contributed by atoms with Crippen LogP contribution in [0, 0.1) is 5.41 Å². The summed E-state index contributed by atoms with van der Waals surface area (Å²) in [5, 5.41) is 0. The number of fused-ring (bicyclic) bond motifs is 1. The molecular formula is C17H25NO. The van der Waals surface area contributed by atoms with Crippen LogP contribution in [0.4, 0.5) is 0 Å². The second-order valence-electron chi connectivity index (χ2n) is 5.77. The van der Waals surface area contributed by atoms with Gasteiger partial charge in [0.15, 0.2) is 0 Å². The number of hydrogen-bond acceptors (Lipinski definition) is 2. The third kappa shape index (κ3) is 3.24. The normalized spacial score (nSPS) is 16.7. The molecule has 0 saturated carbocycles. The number of hydrogen-bond donors (Lipinski definition) is 0. The summed E-state index contributed by atoms with van der Waals surface area (Å²) in [6, 6.07) is 8.72. The molecule has 2 rings (SSSR count). The van der Waals surface area contributed by atoms with Crippen LogP contribution in [-0.2, 0) is 17.8 Å². The largest absolute Gasteiger partial charge is 0.303 e. The SMILES string of the molecule is CCC(C=O)(CC)CN1CCCc2ccccc2C1. The van der Waals surface area contributed by atoms with Gasteiger partial charge in [-0.1, -0.05) is 38.1 Å². The molecule has 0 amide bonds. The van der Waals surface area contributed by atoms with E-state index in [1.807, 2.05) is 0 Å². The molecule has 1 aliphatic heterocycles. The smallest absolute Gasteiger partial charge is 0.127 e. The van der Waals surface area contributed by atoms with Crippen molar-refractivity contribution < 1.29 is 4.79 Å². The topological polar surface area (TPSA) is 20.3 Å². The van der Waals surface area contributed by atoms with E-state index in [4.69, 9.17) is 0 Å². The lowest BCUT2D eigenvalue weighted by Gasteiger charge is -2.32. The first-order valence-electron chi connectivity index (χ1n) is 7.48. The molecule has 0 saturated heterocycles. The Balaban J connectivity index is 2.12. The van der Waals surface area contributed by atoms with Gasteiger partial charge in [-0.3, -0.25) is 4.90 Å². The van der Waals surface area contributed by atoms with E-state index in [9.17, 15) is 4.79 Å². The second-order valence-corrected chi connectivity index (χ2v) is 5.77. The minimum absolute atomic E-state index is 0.153. The highest BCUT2D eigenvalue weighted by molar-refractivity contribution is 5.59. The average Bonchev–Trinajstić information content (AvgIpc) is 2.66. The van der Waals surface area contributed by atoms with E-state index in [0.29, 0.717) is 0 Å². The molecule has 0 unspecified atom stereocenters. The first-order chi connectivity index (χ1) is 9.23. The van der Waals surface area contributed by atoms with E-state index in [-0.39, 0.29) is 5.41 Å². The summed E-state index contributed by atoms with van der Waals surface area (Å²) in [5.74, 6) is 0. The van der Waals surface area contributed by atoms with Gasteiger partial charge < -0.3 is 4.79 Å². The molecule has 19 heavy (non-hydrogen) atoms. The van der Waals surface area contributed by atoms with Crippen molar-refractivity contribution in [2.75, 3.05) is 13.1 Å². The van der Waals surface area contributed by atoms with Gasteiger partial charge in [-0.25, -0.2) is 0 Å². The maximum absolute atomic E-state index is 11.5. The first-order valence-corrected chi connectivity index (χ1v) is 7.48. The number of benzene rings is 1. The summed E-state index contributed by atoms with van der Waals surface area (Å²) in [6.07, 6.45) is 5.42. The molecular weight excluding hydrogens is 234 g/mol. The van der Waals surface area contributed by atoms with Gasteiger partial charge in [0.25, 0.3) is 0 Å². The van der Waals surface area contributed by atoms with Crippen molar-refractivity contribution >= 4 is 6.29 Å². The molecule has 2 heteroatoms. The molecule has 1 heterocycles. The van der Waals surface area contributed by atoms with Gasteiger partial charge in [-0.05, 0) is 43.4 Å². The fraction of sp³-hybridized carbons (Fsp3) is 0.588. The molecule has 0 radical (unpaired) electrons. The zero-order valence-electron chi connectivity index (χ0n) is 12.2. The zero-order chi connectivity index (χ0) is 13.7. The zero-order valence-corrected chi connectivity index (χ0v) is 12.2. The van der Waals surface area contributed by atoms with Crippen LogP contribution in [0.15, 0.2) is 24.3 Å². The molecule has 0 atom stereocenters. The molecule has 104 valence electrons. The van der Waals surface area contributed by atoms with Crippen molar-refractivity contribution in [3.05, 3.63) is 35.4 Å². The van der Waals surface area contributed by atoms with Gasteiger partial charge in [-0.15, -0.1) is 0 Å². The Morgan fingerprint density at radius 1 is 1.21 bits per heavy atom. The van der Waals surface area contributed by atoms with E-state index in [1.165, 1.54) is 30.3 Å².